The molecule has 1 amide bonds. The monoisotopic (exact) mass is 411 g/mol. The number of amides is 1. The quantitative estimate of drug-likeness (QED) is 0.559. The van der Waals surface area contributed by atoms with Crippen LogP contribution in [0.3, 0.4) is 0 Å². The molecule has 0 fully saturated rings. The molecule has 1 aliphatic carbocycles. The average molecular weight is 412 g/mol. The second-order valence-corrected chi connectivity index (χ2v) is 8.81. The van der Waals surface area contributed by atoms with Crippen LogP contribution >= 0.6 is 23.1 Å². The molecule has 3 heterocycles. The zero-order valence-electron chi connectivity index (χ0n) is 15.1. The molecule has 1 unspecified atom stereocenters. The minimum absolute atomic E-state index is 0.0866. The molecule has 0 radical (unpaired) electrons. The lowest BCUT2D eigenvalue weighted by Gasteiger charge is -2.17. The first kappa shape index (κ1) is 17.4. The van der Waals surface area contributed by atoms with Crippen molar-refractivity contribution < 1.29 is 4.79 Å². The molecule has 142 valence electrons. The molecule has 0 saturated carbocycles. The number of nitrogens with zero attached hydrogens (tertiary/aromatic N) is 4. The third-order valence-electron chi connectivity index (χ3n) is 5.16. The average Bonchev–Trinajstić information content (AvgIpc) is 3.28. The second kappa shape index (κ2) is 6.75. The fraction of sp³-hybridized carbons (Fsp3) is 0.316. The van der Waals surface area contributed by atoms with Gasteiger partial charge in [-0.1, -0.05) is 13.0 Å². The van der Waals surface area contributed by atoms with E-state index in [-0.39, 0.29) is 18.0 Å². The molecule has 3 aromatic heterocycles. The summed E-state index contributed by atoms with van der Waals surface area (Å²) in [6.45, 7) is 2.15. The van der Waals surface area contributed by atoms with Gasteiger partial charge in [0.2, 0.25) is 5.91 Å². The fourth-order valence-corrected chi connectivity index (χ4v) is 5.62. The molecular weight excluding hydrogens is 394 g/mol. The Kier molecular flexibility index (Phi) is 4.21. The predicted molar refractivity (Wildman–Crippen MR) is 111 cm³/mol. The van der Waals surface area contributed by atoms with Gasteiger partial charge in [0.15, 0.2) is 0 Å². The number of rotatable bonds is 3. The van der Waals surface area contributed by atoms with Gasteiger partial charge in [-0.15, -0.1) is 11.3 Å². The number of thiophene rings is 1. The van der Waals surface area contributed by atoms with Crippen LogP contribution in [0.15, 0.2) is 29.3 Å². The second-order valence-electron chi connectivity index (χ2n) is 7.20. The molecule has 1 atom stereocenters. The van der Waals surface area contributed by atoms with Crippen molar-refractivity contribution in [1.82, 2.24) is 18.3 Å². The maximum Gasteiger partial charge on any atom is 0.262 e. The largest absolute Gasteiger partial charge is 0.323 e. The predicted octanol–water partition coefficient (Wildman–Crippen LogP) is 3.23. The summed E-state index contributed by atoms with van der Waals surface area (Å²) < 4.78 is 9.79. The van der Waals surface area contributed by atoms with Crippen molar-refractivity contribution in [2.24, 2.45) is 5.92 Å². The number of anilines is 1. The van der Waals surface area contributed by atoms with E-state index in [0.29, 0.717) is 22.5 Å². The van der Waals surface area contributed by atoms with Crippen molar-refractivity contribution in [2.75, 3.05) is 5.32 Å². The van der Waals surface area contributed by atoms with Crippen molar-refractivity contribution in [3.8, 4) is 0 Å². The highest BCUT2D eigenvalue weighted by Gasteiger charge is 2.23. The summed E-state index contributed by atoms with van der Waals surface area (Å²) in [5, 5.41) is 3.53. The van der Waals surface area contributed by atoms with E-state index >= 15 is 0 Å². The minimum atomic E-state index is -0.290. The van der Waals surface area contributed by atoms with E-state index in [0.717, 1.165) is 46.9 Å². The molecule has 0 bridgehead atoms. The van der Waals surface area contributed by atoms with E-state index in [1.165, 1.54) is 15.8 Å². The molecule has 28 heavy (non-hydrogen) atoms. The molecule has 7 nitrogen and oxygen atoms in total. The van der Waals surface area contributed by atoms with Crippen molar-refractivity contribution in [2.45, 2.75) is 32.7 Å². The number of benzene rings is 1. The van der Waals surface area contributed by atoms with Crippen molar-refractivity contribution in [1.29, 1.82) is 0 Å². The minimum Gasteiger partial charge on any atom is -0.323 e. The van der Waals surface area contributed by atoms with E-state index in [1.807, 2.05) is 12.1 Å². The molecule has 1 aliphatic rings. The number of hydrogen-bond donors (Lipinski definition) is 1. The van der Waals surface area contributed by atoms with Crippen LogP contribution in [0.1, 0.15) is 23.8 Å². The Morgan fingerprint density at radius 2 is 2.25 bits per heavy atom. The van der Waals surface area contributed by atoms with E-state index < -0.39 is 0 Å². The number of fused-ring (bicyclic) bond motifs is 4. The summed E-state index contributed by atoms with van der Waals surface area (Å²) in [5.74, 6) is 0.345. The zero-order valence-corrected chi connectivity index (χ0v) is 16.8. The molecule has 0 spiro atoms. The van der Waals surface area contributed by atoms with E-state index in [1.54, 1.807) is 17.4 Å². The molecule has 0 saturated heterocycles. The van der Waals surface area contributed by atoms with Crippen LogP contribution in [0.5, 0.6) is 0 Å². The maximum atomic E-state index is 13.0. The van der Waals surface area contributed by atoms with Gasteiger partial charge in [0.1, 0.15) is 22.4 Å². The van der Waals surface area contributed by atoms with Gasteiger partial charge in [-0.2, -0.15) is 8.75 Å². The number of nitrogens with one attached hydrogen (secondary N) is 1. The number of carbonyl (C=O) groups excluding carboxylic acids is 1. The number of aromatic nitrogens is 4. The standard InChI is InChI=1S/C19H17N5O2S2/c1-10-5-6-11-14(7-10)27-18-16(11)19(26)24(9-20-18)8-15(25)21-12-3-2-4-13-17(12)23-28-22-13/h2-4,9-10H,5-8H2,1H3,(H,21,25). The van der Waals surface area contributed by atoms with Crippen LogP contribution in [0.2, 0.25) is 0 Å². The first-order valence-corrected chi connectivity index (χ1v) is 10.7. The number of aryl methyl sites for hydroxylation is 1. The van der Waals surface area contributed by atoms with Gasteiger partial charge in [0.25, 0.3) is 5.56 Å². The summed E-state index contributed by atoms with van der Waals surface area (Å²) >= 11 is 2.71. The van der Waals surface area contributed by atoms with Crippen LogP contribution < -0.4 is 10.9 Å². The molecule has 5 rings (SSSR count). The normalized spacial score (nSPS) is 16.4. The maximum absolute atomic E-state index is 13.0. The summed E-state index contributed by atoms with van der Waals surface area (Å²) in [5.41, 5.74) is 2.98. The smallest absolute Gasteiger partial charge is 0.262 e. The number of hydrogen-bond acceptors (Lipinski definition) is 7. The van der Waals surface area contributed by atoms with Crippen molar-refractivity contribution in [3.63, 3.8) is 0 Å². The van der Waals surface area contributed by atoms with E-state index in [4.69, 9.17) is 0 Å². The molecule has 9 heteroatoms. The highest BCUT2D eigenvalue weighted by molar-refractivity contribution is 7.18. The van der Waals surface area contributed by atoms with Crippen LogP contribution in [0.4, 0.5) is 5.69 Å². The lowest BCUT2D eigenvalue weighted by molar-refractivity contribution is -0.116. The lowest BCUT2D eigenvalue weighted by Crippen LogP contribution is -2.28. The Labute approximate surface area is 168 Å². The van der Waals surface area contributed by atoms with Crippen molar-refractivity contribution >= 4 is 55.9 Å². The summed E-state index contributed by atoms with van der Waals surface area (Å²) in [4.78, 5) is 32.1. The first-order valence-electron chi connectivity index (χ1n) is 9.11. The van der Waals surface area contributed by atoms with Crippen molar-refractivity contribution in [3.05, 3.63) is 45.3 Å². The Balaban J connectivity index is 1.45. The summed E-state index contributed by atoms with van der Waals surface area (Å²) in [6.07, 6.45) is 4.46. The number of carbonyl (C=O) groups is 1. The van der Waals surface area contributed by atoms with Gasteiger partial charge < -0.3 is 5.32 Å². The Hall–Kier alpha value is -2.65. The Morgan fingerprint density at radius 3 is 3.14 bits per heavy atom. The molecule has 1 N–H and O–H groups in total. The Bertz CT molecular complexity index is 1270. The topological polar surface area (TPSA) is 89.8 Å². The van der Waals surface area contributed by atoms with Crippen LogP contribution in [0, 0.1) is 5.92 Å². The summed E-state index contributed by atoms with van der Waals surface area (Å²) in [7, 11) is 0. The Morgan fingerprint density at radius 1 is 1.36 bits per heavy atom. The fourth-order valence-electron chi connectivity index (χ4n) is 3.73. The van der Waals surface area contributed by atoms with Crippen LogP contribution in [-0.2, 0) is 24.2 Å². The SMILES string of the molecule is CC1CCc2c(sc3ncn(CC(=O)Nc4cccc5nsnc45)c(=O)c23)C1. The summed E-state index contributed by atoms with van der Waals surface area (Å²) in [6, 6.07) is 5.44. The van der Waals surface area contributed by atoms with Gasteiger partial charge in [0.05, 0.1) is 29.1 Å². The van der Waals surface area contributed by atoms with Crippen LogP contribution in [-0.4, -0.2) is 24.2 Å². The van der Waals surface area contributed by atoms with E-state index in [9.17, 15) is 9.59 Å². The van der Waals surface area contributed by atoms with Gasteiger partial charge >= 0.3 is 0 Å². The highest BCUT2D eigenvalue weighted by atomic mass is 32.1. The highest BCUT2D eigenvalue weighted by Crippen LogP contribution is 2.35. The van der Waals surface area contributed by atoms with Gasteiger partial charge in [-0.25, -0.2) is 4.98 Å². The lowest BCUT2D eigenvalue weighted by atomic mass is 9.89. The third-order valence-corrected chi connectivity index (χ3v) is 6.86. The molecule has 1 aromatic carbocycles. The molecule has 0 aliphatic heterocycles. The van der Waals surface area contributed by atoms with Crippen LogP contribution in [0.25, 0.3) is 21.3 Å². The molecular formula is C19H17N5O2S2. The van der Waals surface area contributed by atoms with Gasteiger partial charge in [-0.05, 0) is 42.9 Å². The van der Waals surface area contributed by atoms with Gasteiger partial charge in [0, 0.05) is 4.88 Å². The molecule has 4 aromatic rings. The van der Waals surface area contributed by atoms with E-state index in [2.05, 4.69) is 26.0 Å². The third kappa shape index (κ3) is 2.91. The zero-order chi connectivity index (χ0) is 19.3. The van der Waals surface area contributed by atoms with Gasteiger partial charge in [-0.3, -0.25) is 14.2 Å². The first-order chi connectivity index (χ1) is 13.6.